The number of aliphatic imine (C=N–C) groups is 1. The first-order valence-corrected chi connectivity index (χ1v) is 21.8. The Hall–Kier alpha value is -4.43. The van der Waals surface area contributed by atoms with Gasteiger partial charge in [-0.15, -0.1) is 0 Å². The molecule has 2 heterocycles. The summed E-state index contributed by atoms with van der Waals surface area (Å²) in [5.74, 6) is -1.20. The SMILES string of the molecule is CCCCCCCCCCCCOC(=O)c1ccc(Cl)c(NC(=O)C(=Nc2ccc([N+]3(CC)CC3NS(C)(=O)=O)cc2C)c2nc3ccccc3c(=O)n2C)c1. The van der Waals surface area contributed by atoms with Crippen LogP contribution in [0.5, 0.6) is 0 Å². The number of halogens is 1. The standard InChI is InChI=1S/C42H53ClN6O6S/c1-6-8-9-10-11-12-13-14-15-18-25-55-42(52)30-21-23-33(43)36(27-30)46-40(50)38(39-45-35-20-17-16-19-32(35)41(51)48(39)4)44-34-24-22-31(26-29(34)3)49(7-2)28-37(49)47-56(5,53)54/h16-17,19-24,26-27,37,47H,6-15,18,25,28H2,1-5H3/p+1. The normalized spacial score (nSPS) is 16.9. The van der Waals surface area contributed by atoms with E-state index >= 15 is 0 Å². The predicted molar refractivity (Wildman–Crippen MR) is 226 cm³/mol. The van der Waals surface area contributed by atoms with Gasteiger partial charge in [0.1, 0.15) is 5.69 Å². The van der Waals surface area contributed by atoms with E-state index in [2.05, 4.69) is 17.0 Å². The molecule has 2 N–H and O–H groups in total. The molecule has 300 valence electrons. The van der Waals surface area contributed by atoms with E-state index in [1.165, 1.54) is 68.7 Å². The van der Waals surface area contributed by atoms with Crippen LogP contribution in [0.2, 0.25) is 5.02 Å². The number of nitrogens with one attached hydrogen (secondary N) is 2. The maximum absolute atomic E-state index is 14.3. The topological polar surface area (TPSA) is 149 Å². The lowest BCUT2D eigenvalue weighted by Gasteiger charge is -2.19. The Morgan fingerprint density at radius 3 is 2.30 bits per heavy atom. The Bertz CT molecular complexity index is 2260. The van der Waals surface area contributed by atoms with Gasteiger partial charge >= 0.3 is 5.97 Å². The number of carbonyl (C=O) groups excluding carboxylic acids is 2. The number of quaternary nitrogens is 1. The first-order valence-electron chi connectivity index (χ1n) is 19.6. The smallest absolute Gasteiger partial charge is 0.338 e. The number of aryl methyl sites for hydroxylation is 1. The molecule has 1 amide bonds. The highest BCUT2D eigenvalue weighted by molar-refractivity contribution is 7.88. The number of carbonyl (C=O) groups is 2. The number of hydrogen-bond donors (Lipinski definition) is 2. The highest BCUT2D eigenvalue weighted by atomic mass is 35.5. The maximum Gasteiger partial charge on any atom is 0.338 e. The molecule has 4 aromatic rings. The first kappa shape index (κ1) is 42.7. The van der Waals surface area contributed by atoms with E-state index in [0.29, 0.717) is 40.8 Å². The zero-order chi connectivity index (χ0) is 40.5. The molecule has 1 fully saturated rings. The molecule has 1 aliphatic heterocycles. The molecule has 56 heavy (non-hydrogen) atoms. The van der Waals surface area contributed by atoms with Crippen molar-refractivity contribution in [2.24, 2.45) is 12.0 Å². The van der Waals surface area contributed by atoms with Crippen LogP contribution in [0, 0.1) is 6.92 Å². The molecule has 5 rings (SSSR count). The number of fused-ring (bicyclic) bond motifs is 1. The fraction of sp³-hybridized carbons (Fsp3) is 0.452. The molecule has 0 radical (unpaired) electrons. The summed E-state index contributed by atoms with van der Waals surface area (Å²) in [5.41, 5.74) is 2.34. The summed E-state index contributed by atoms with van der Waals surface area (Å²) in [5, 5.41) is 3.37. The van der Waals surface area contributed by atoms with Crippen molar-refractivity contribution >= 4 is 67.2 Å². The fourth-order valence-corrected chi connectivity index (χ4v) is 7.96. The van der Waals surface area contributed by atoms with Crippen molar-refractivity contribution in [3.8, 4) is 0 Å². The van der Waals surface area contributed by atoms with Gasteiger partial charge in [0.15, 0.2) is 18.1 Å². The van der Waals surface area contributed by atoms with E-state index in [9.17, 15) is 22.8 Å². The molecule has 0 saturated carbocycles. The maximum atomic E-state index is 14.3. The van der Waals surface area contributed by atoms with Crippen molar-refractivity contribution < 1.29 is 22.7 Å². The van der Waals surface area contributed by atoms with E-state index in [1.54, 1.807) is 36.4 Å². The summed E-state index contributed by atoms with van der Waals surface area (Å²) in [6.45, 7) is 7.64. The lowest BCUT2D eigenvalue weighted by atomic mass is 10.1. The lowest BCUT2D eigenvalue weighted by molar-refractivity contribution is -0.110. The van der Waals surface area contributed by atoms with Crippen LogP contribution in [-0.4, -0.2) is 67.7 Å². The second kappa shape index (κ2) is 19.1. The second-order valence-corrected chi connectivity index (χ2v) is 16.8. The Balaban J connectivity index is 1.36. The van der Waals surface area contributed by atoms with Gasteiger partial charge in [0, 0.05) is 19.2 Å². The third-order valence-corrected chi connectivity index (χ3v) is 11.4. The van der Waals surface area contributed by atoms with E-state index in [0.717, 1.165) is 36.8 Å². The minimum atomic E-state index is -3.40. The fourth-order valence-electron chi connectivity index (χ4n) is 7.03. The number of rotatable bonds is 20. The van der Waals surface area contributed by atoms with Crippen LogP contribution < -0.4 is 20.1 Å². The number of para-hydroxylation sites is 1. The van der Waals surface area contributed by atoms with Gasteiger partial charge in [-0.1, -0.05) is 88.4 Å². The lowest BCUT2D eigenvalue weighted by Crippen LogP contribution is -2.38. The van der Waals surface area contributed by atoms with Crippen LogP contribution >= 0.6 is 11.6 Å². The number of aromatic nitrogens is 2. The monoisotopic (exact) mass is 805 g/mol. The Labute approximate surface area is 335 Å². The van der Waals surface area contributed by atoms with Crippen molar-refractivity contribution in [1.29, 1.82) is 0 Å². The minimum Gasteiger partial charge on any atom is -0.462 e. The van der Waals surface area contributed by atoms with Crippen molar-refractivity contribution in [3.05, 3.63) is 93.0 Å². The number of unbranched alkanes of at least 4 members (excludes halogenated alkanes) is 9. The summed E-state index contributed by atoms with van der Waals surface area (Å²) in [4.78, 5) is 50.3. The summed E-state index contributed by atoms with van der Waals surface area (Å²) >= 11 is 6.55. The van der Waals surface area contributed by atoms with Crippen LogP contribution in [0.4, 0.5) is 17.1 Å². The number of likely N-dealkylation sites (N-methyl/N-ethyl adjacent to an activating group) is 1. The second-order valence-electron chi connectivity index (χ2n) is 14.7. The molecule has 1 saturated heterocycles. The van der Waals surface area contributed by atoms with E-state index in [4.69, 9.17) is 26.3 Å². The van der Waals surface area contributed by atoms with Crippen molar-refractivity contribution in [2.75, 3.05) is 31.3 Å². The number of benzene rings is 3. The molecule has 14 heteroatoms. The highest BCUT2D eigenvalue weighted by Crippen LogP contribution is 2.39. The highest BCUT2D eigenvalue weighted by Gasteiger charge is 2.57. The Morgan fingerprint density at radius 1 is 0.964 bits per heavy atom. The zero-order valence-corrected chi connectivity index (χ0v) is 34.6. The third kappa shape index (κ3) is 10.7. The van der Waals surface area contributed by atoms with E-state index < -0.39 is 21.9 Å². The van der Waals surface area contributed by atoms with Crippen LogP contribution in [0.3, 0.4) is 0 Å². The van der Waals surface area contributed by atoms with Gasteiger partial charge in [0.2, 0.25) is 16.2 Å². The van der Waals surface area contributed by atoms with Gasteiger partial charge in [-0.25, -0.2) is 23.2 Å². The molecule has 1 aromatic heterocycles. The molecule has 0 aliphatic carbocycles. The van der Waals surface area contributed by atoms with Gasteiger partial charge in [-0.3, -0.25) is 18.6 Å². The average Bonchev–Trinajstić information content (AvgIpc) is 3.87. The van der Waals surface area contributed by atoms with Crippen LogP contribution in [0.25, 0.3) is 10.9 Å². The van der Waals surface area contributed by atoms with E-state index in [-0.39, 0.29) is 39.5 Å². The molecule has 0 spiro atoms. The van der Waals surface area contributed by atoms with Crippen LogP contribution in [0.15, 0.2) is 70.5 Å². The number of esters is 1. The molecular formula is C42H54ClN6O6S+. The quantitative estimate of drug-likeness (QED) is 0.0303. The average molecular weight is 806 g/mol. The van der Waals surface area contributed by atoms with Gasteiger partial charge in [0.25, 0.3) is 11.5 Å². The zero-order valence-electron chi connectivity index (χ0n) is 33.1. The number of anilines is 1. The predicted octanol–water partition coefficient (Wildman–Crippen LogP) is 7.95. The minimum absolute atomic E-state index is 0.0262. The number of ether oxygens (including phenoxy) is 1. The molecular weight excluding hydrogens is 752 g/mol. The summed E-state index contributed by atoms with van der Waals surface area (Å²) in [6.07, 6.45) is 12.6. The summed E-state index contributed by atoms with van der Waals surface area (Å²) in [6, 6.07) is 16.9. The van der Waals surface area contributed by atoms with Gasteiger partial charge in [-0.2, -0.15) is 4.72 Å². The Morgan fingerprint density at radius 2 is 1.64 bits per heavy atom. The largest absolute Gasteiger partial charge is 0.462 e. The number of sulfonamides is 1. The molecule has 2 atom stereocenters. The van der Waals surface area contributed by atoms with Crippen LogP contribution in [-0.2, 0) is 26.6 Å². The number of hydrogen-bond acceptors (Lipinski definition) is 8. The van der Waals surface area contributed by atoms with Crippen molar-refractivity contribution in [1.82, 2.24) is 18.8 Å². The van der Waals surface area contributed by atoms with E-state index in [1.807, 2.05) is 26.0 Å². The van der Waals surface area contributed by atoms with Gasteiger partial charge < -0.3 is 10.1 Å². The summed E-state index contributed by atoms with van der Waals surface area (Å²) in [7, 11) is -1.87. The van der Waals surface area contributed by atoms with Crippen molar-refractivity contribution in [3.63, 3.8) is 0 Å². The number of nitrogens with zero attached hydrogens (tertiary/aromatic N) is 4. The van der Waals surface area contributed by atoms with Gasteiger partial charge in [-0.05, 0) is 62.2 Å². The molecule has 2 unspecified atom stereocenters. The van der Waals surface area contributed by atoms with Crippen molar-refractivity contribution in [2.45, 2.75) is 91.1 Å². The number of amides is 1. The molecule has 0 bridgehead atoms. The Kier molecular flexibility index (Phi) is 14.6. The van der Waals surface area contributed by atoms with Gasteiger partial charge in [0.05, 0.1) is 52.3 Å². The first-order chi connectivity index (χ1) is 26.8. The molecule has 1 aliphatic rings. The third-order valence-electron chi connectivity index (χ3n) is 10.4. The summed E-state index contributed by atoms with van der Waals surface area (Å²) < 4.78 is 33.9. The van der Waals surface area contributed by atoms with Crippen LogP contribution in [0.1, 0.15) is 99.8 Å². The molecule has 12 nitrogen and oxygen atoms in total. The molecule has 3 aromatic carbocycles.